The summed E-state index contributed by atoms with van der Waals surface area (Å²) < 4.78 is 5.47. The lowest BCUT2D eigenvalue weighted by atomic mass is 10.1. The first kappa shape index (κ1) is 12.9. The number of nitrogens with two attached hydrogens (primary N) is 1. The number of halogens is 2. The van der Waals surface area contributed by atoms with E-state index >= 15 is 0 Å². The molecule has 0 spiro atoms. The Morgan fingerprint density at radius 1 is 1.06 bits per heavy atom. The summed E-state index contributed by atoms with van der Waals surface area (Å²) >= 11 is 11.7. The Labute approximate surface area is 114 Å². The van der Waals surface area contributed by atoms with Crippen LogP contribution in [0.4, 0.5) is 5.95 Å². The largest absolute Gasteiger partial charge is 0.424 e. The Morgan fingerprint density at radius 3 is 2.22 bits per heavy atom. The summed E-state index contributed by atoms with van der Waals surface area (Å²) in [6, 6.07) is 3.61. The summed E-state index contributed by atoms with van der Waals surface area (Å²) in [5.41, 5.74) is 7.25. The van der Waals surface area contributed by atoms with Gasteiger partial charge in [-0.25, -0.2) is 0 Å². The minimum atomic E-state index is -0.0140. The molecule has 0 amide bonds. The van der Waals surface area contributed by atoms with Gasteiger partial charge in [0.2, 0.25) is 11.2 Å². The summed E-state index contributed by atoms with van der Waals surface area (Å²) in [6.07, 6.45) is 0. The van der Waals surface area contributed by atoms with Crippen LogP contribution in [-0.2, 0) is 0 Å². The predicted molar refractivity (Wildman–Crippen MR) is 70.2 cm³/mol. The van der Waals surface area contributed by atoms with Gasteiger partial charge in [-0.2, -0.15) is 15.0 Å². The Hall–Kier alpha value is -1.59. The van der Waals surface area contributed by atoms with Crippen LogP contribution in [0.3, 0.4) is 0 Å². The molecule has 0 saturated carbocycles. The summed E-state index contributed by atoms with van der Waals surface area (Å²) in [7, 11) is 0. The molecule has 0 unspecified atom stereocenters. The standard InChI is InChI=1S/C11H10Cl2N4O/c1-5-3-7(4-6(2)8(5)12)18-11-16-9(13)15-10(14)17-11/h3-4H,1-2H3,(H2,14,15,16,17). The maximum atomic E-state index is 6.07. The van der Waals surface area contributed by atoms with Crippen LogP contribution in [0.25, 0.3) is 0 Å². The molecular weight excluding hydrogens is 275 g/mol. The highest BCUT2D eigenvalue weighted by atomic mass is 35.5. The van der Waals surface area contributed by atoms with E-state index in [1.165, 1.54) is 0 Å². The van der Waals surface area contributed by atoms with Gasteiger partial charge in [0.05, 0.1) is 0 Å². The third-order valence-electron chi connectivity index (χ3n) is 2.22. The molecule has 0 aliphatic carbocycles. The lowest BCUT2D eigenvalue weighted by Crippen LogP contribution is -2.00. The molecule has 0 atom stereocenters. The van der Waals surface area contributed by atoms with Crippen molar-refractivity contribution in [3.63, 3.8) is 0 Å². The quantitative estimate of drug-likeness (QED) is 0.917. The highest BCUT2D eigenvalue weighted by Crippen LogP contribution is 2.28. The fourth-order valence-corrected chi connectivity index (χ4v) is 1.73. The smallest absolute Gasteiger partial charge is 0.328 e. The first-order valence-corrected chi connectivity index (χ1v) is 5.83. The molecule has 1 aromatic heterocycles. The van der Waals surface area contributed by atoms with Gasteiger partial charge in [-0.3, -0.25) is 0 Å². The van der Waals surface area contributed by atoms with Crippen molar-refractivity contribution in [2.75, 3.05) is 5.73 Å². The molecule has 0 saturated heterocycles. The summed E-state index contributed by atoms with van der Waals surface area (Å²) in [4.78, 5) is 11.3. The van der Waals surface area contributed by atoms with Gasteiger partial charge in [-0.05, 0) is 48.7 Å². The Balaban J connectivity index is 2.34. The predicted octanol–water partition coefficient (Wildman–Crippen LogP) is 3.17. The lowest BCUT2D eigenvalue weighted by molar-refractivity contribution is 0.440. The second kappa shape index (κ2) is 4.96. The number of aromatic nitrogens is 3. The van der Waals surface area contributed by atoms with Crippen molar-refractivity contribution >= 4 is 29.2 Å². The maximum Gasteiger partial charge on any atom is 0.328 e. The van der Waals surface area contributed by atoms with Crippen LogP contribution in [0.1, 0.15) is 11.1 Å². The van der Waals surface area contributed by atoms with E-state index in [0.29, 0.717) is 10.8 Å². The number of hydrogen-bond donors (Lipinski definition) is 1. The average Bonchev–Trinajstić information content (AvgIpc) is 2.24. The van der Waals surface area contributed by atoms with Gasteiger partial charge < -0.3 is 10.5 Å². The molecule has 94 valence electrons. The molecule has 0 bridgehead atoms. The highest BCUT2D eigenvalue weighted by Gasteiger charge is 2.08. The van der Waals surface area contributed by atoms with Gasteiger partial charge in [0.25, 0.3) is 0 Å². The molecule has 18 heavy (non-hydrogen) atoms. The zero-order valence-corrected chi connectivity index (χ0v) is 11.2. The monoisotopic (exact) mass is 284 g/mol. The number of aryl methyl sites for hydroxylation is 2. The van der Waals surface area contributed by atoms with Crippen molar-refractivity contribution in [3.8, 4) is 11.8 Å². The minimum absolute atomic E-state index is 0.00686. The van der Waals surface area contributed by atoms with Gasteiger partial charge in [-0.1, -0.05) is 11.6 Å². The van der Waals surface area contributed by atoms with E-state index in [4.69, 9.17) is 33.7 Å². The van der Waals surface area contributed by atoms with Crippen molar-refractivity contribution in [2.24, 2.45) is 0 Å². The highest BCUT2D eigenvalue weighted by molar-refractivity contribution is 6.32. The van der Waals surface area contributed by atoms with Crippen LogP contribution in [0.5, 0.6) is 11.8 Å². The van der Waals surface area contributed by atoms with E-state index in [-0.39, 0.29) is 17.2 Å². The van der Waals surface area contributed by atoms with Crippen molar-refractivity contribution in [1.29, 1.82) is 0 Å². The number of nitrogen functional groups attached to an aromatic ring is 1. The SMILES string of the molecule is Cc1cc(Oc2nc(N)nc(Cl)n2)cc(C)c1Cl. The number of ether oxygens (including phenoxy) is 1. The number of hydrogen-bond acceptors (Lipinski definition) is 5. The van der Waals surface area contributed by atoms with Gasteiger partial charge >= 0.3 is 6.01 Å². The topological polar surface area (TPSA) is 73.9 Å². The van der Waals surface area contributed by atoms with E-state index < -0.39 is 0 Å². The molecule has 1 heterocycles. The molecule has 0 fully saturated rings. The second-order valence-corrected chi connectivity index (χ2v) is 4.43. The van der Waals surface area contributed by atoms with Gasteiger partial charge in [0.15, 0.2) is 0 Å². The molecule has 2 aromatic rings. The first-order chi connectivity index (χ1) is 8.45. The molecule has 0 aliphatic heterocycles. The number of rotatable bonds is 2. The van der Waals surface area contributed by atoms with E-state index in [2.05, 4.69) is 15.0 Å². The Morgan fingerprint density at radius 2 is 1.67 bits per heavy atom. The van der Waals surface area contributed by atoms with Crippen LogP contribution >= 0.6 is 23.2 Å². The van der Waals surface area contributed by atoms with Crippen LogP contribution in [0.15, 0.2) is 12.1 Å². The van der Waals surface area contributed by atoms with Gasteiger partial charge in [0.1, 0.15) is 5.75 Å². The zero-order chi connectivity index (χ0) is 13.3. The Kier molecular flexibility index (Phi) is 3.54. The summed E-state index contributed by atoms with van der Waals surface area (Å²) in [5.74, 6) is 0.573. The van der Waals surface area contributed by atoms with Crippen LogP contribution in [0.2, 0.25) is 10.3 Å². The zero-order valence-electron chi connectivity index (χ0n) is 9.74. The van der Waals surface area contributed by atoms with Gasteiger partial charge in [-0.15, -0.1) is 0 Å². The molecule has 1 aromatic carbocycles. The number of nitrogens with zero attached hydrogens (tertiary/aromatic N) is 3. The number of anilines is 1. The van der Waals surface area contributed by atoms with Crippen molar-refractivity contribution in [1.82, 2.24) is 15.0 Å². The van der Waals surface area contributed by atoms with E-state index in [0.717, 1.165) is 11.1 Å². The minimum Gasteiger partial charge on any atom is -0.424 e. The molecule has 2 rings (SSSR count). The summed E-state index contributed by atoms with van der Waals surface area (Å²) in [6.45, 7) is 3.77. The maximum absolute atomic E-state index is 6.07. The van der Waals surface area contributed by atoms with E-state index in [1.54, 1.807) is 12.1 Å². The third-order valence-corrected chi connectivity index (χ3v) is 2.99. The van der Waals surface area contributed by atoms with Crippen LogP contribution < -0.4 is 10.5 Å². The van der Waals surface area contributed by atoms with Crippen molar-refractivity contribution in [2.45, 2.75) is 13.8 Å². The van der Waals surface area contributed by atoms with Crippen molar-refractivity contribution < 1.29 is 4.74 Å². The number of benzene rings is 1. The van der Waals surface area contributed by atoms with Crippen LogP contribution in [0, 0.1) is 13.8 Å². The van der Waals surface area contributed by atoms with E-state index in [9.17, 15) is 0 Å². The van der Waals surface area contributed by atoms with Crippen molar-refractivity contribution in [3.05, 3.63) is 33.6 Å². The normalized spacial score (nSPS) is 10.4. The van der Waals surface area contributed by atoms with Crippen LogP contribution in [-0.4, -0.2) is 15.0 Å². The molecule has 0 radical (unpaired) electrons. The third kappa shape index (κ3) is 2.80. The molecular formula is C11H10Cl2N4O. The molecule has 0 aliphatic rings. The Bertz CT molecular complexity index is 560. The van der Waals surface area contributed by atoms with E-state index in [1.807, 2.05) is 13.8 Å². The molecule has 7 heteroatoms. The molecule has 2 N–H and O–H groups in total. The van der Waals surface area contributed by atoms with Gasteiger partial charge in [0, 0.05) is 5.02 Å². The fraction of sp³-hybridized carbons (Fsp3) is 0.182. The second-order valence-electron chi connectivity index (χ2n) is 3.72. The average molecular weight is 285 g/mol. The molecule has 5 nitrogen and oxygen atoms in total. The first-order valence-electron chi connectivity index (χ1n) is 5.07. The fourth-order valence-electron chi connectivity index (χ4n) is 1.46. The summed E-state index contributed by atoms with van der Waals surface area (Å²) in [5, 5.41) is 0.690. The lowest BCUT2D eigenvalue weighted by Gasteiger charge is -2.08.